The Morgan fingerprint density at radius 3 is 2.41 bits per heavy atom. The first-order valence-corrected chi connectivity index (χ1v) is 6.87. The van der Waals surface area contributed by atoms with Crippen LogP contribution in [0.5, 0.6) is 0 Å². The summed E-state index contributed by atoms with van der Waals surface area (Å²) < 4.78 is 0. The lowest BCUT2D eigenvalue weighted by molar-refractivity contribution is 0.318. The second-order valence-electron chi connectivity index (χ2n) is 5.04. The topological polar surface area (TPSA) is 29.3 Å². The summed E-state index contributed by atoms with van der Waals surface area (Å²) in [6.07, 6.45) is 5.25. The third-order valence-electron chi connectivity index (χ3n) is 3.82. The molecule has 2 heteroatoms. The predicted molar refractivity (Wildman–Crippen MR) is 74.4 cm³/mol. The molecule has 1 aliphatic carbocycles. The third-order valence-corrected chi connectivity index (χ3v) is 3.82. The molecule has 1 fully saturated rings. The standard InChI is InChI=1S/C15H24N2/c1-2-17(12-14-4-3-5-14)15-8-6-13(7-9-15)10-11-16/h6-9,14H,2-5,10-12,16H2,1H3. The van der Waals surface area contributed by atoms with Gasteiger partial charge in [0.2, 0.25) is 0 Å². The van der Waals surface area contributed by atoms with Crippen molar-refractivity contribution in [3.8, 4) is 0 Å². The zero-order valence-electron chi connectivity index (χ0n) is 10.9. The van der Waals surface area contributed by atoms with Crippen LogP contribution in [0.15, 0.2) is 24.3 Å². The Balaban J connectivity index is 1.97. The van der Waals surface area contributed by atoms with Crippen LogP contribution in [0.1, 0.15) is 31.7 Å². The van der Waals surface area contributed by atoms with Gasteiger partial charge in [-0.1, -0.05) is 18.6 Å². The first-order valence-electron chi connectivity index (χ1n) is 6.87. The number of anilines is 1. The van der Waals surface area contributed by atoms with Gasteiger partial charge in [-0.05, 0) is 56.3 Å². The highest BCUT2D eigenvalue weighted by molar-refractivity contribution is 5.47. The molecule has 0 atom stereocenters. The lowest BCUT2D eigenvalue weighted by Crippen LogP contribution is -2.32. The van der Waals surface area contributed by atoms with E-state index in [4.69, 9.17) is 5.73 Å². The van der Waals surface area contributed by atoms with Crippen LogP contribution in [0.4, 0.5) is 5.69 Å². The smallest absolute Gasteiger partial charge is 0.0366 e. The van der Waals surface area contributed by atoms with Gasteiger partial charge in [0.1, 0.15) is 0 Å². The highest BCUT2D eigenvalue weighted by Crippen LogP contribution is 2.28. The average molecular weight is 232 g/mol. The fourth-order valence-corrected chi connectivity index (χ4v) is 2.44. The van der Waals surface area contributed by atoms with Gasteiger partial charge in [-0.3, -0.25) is 0 Å². The molecule has 0 saturated heterocycles. The van der Waals surface area contributed by atoms with Crippen LogP contribution in [0.2, 0.25) is 0 Å². The van der Waals surface area contributed by atoms with E-state index in [0.717, 1.165) is 25.4 Å². The Hall–Kier alpha value is -1.02. The summed E-state index contributed by atoms with van der Waals surface area (Å²) in [5, 5.41) is 0. The Bertz CT molecular complexity index is 327. The molecule has 1 aromatic carbocycles. The quantitative estimate of drug-likeness (QED) is 0.817. The van der Waals surface area contributed by atoms with Crippen molar-refractivity contribution in [3.05, 3.63) is 29.8 Å². The maximum absolute atomic E-state index is 5.57. The van der Waals surface area contributed by atoms with E-state index in [1.807, 2.05) is 0 Å². The lowest BCUT2D eigenvalue weighted by atomic mass is 9.85. The van der Waals surface area contributed by atoms with Crippen molar-refractivity contribution < 1.29 is 0 Å². The third kappa shape index (κ3) is 3.22. The molecule has 0 aliphatic heterocycles. The summed E-state index contributed by atoms with van der Waals surface area (Å²) in [5.41, 5.74) is 8.27. The van der Waals surface area contributed by atoms with E-state index in [0.29, 0.717) is 0 Å². The predicted octanol–water partition coefficient (Wildman–Crippen LogP) is 2.81. The molecular weight excluding hydrogens is 208 g/mol. The minimum atomic E-state index is 0.735. The van der Waals surface area contributed by atoms with Crippen molar-refractivity contribution in [3.63, 3.8) is 0 Å². The van der Waals surface area contributed by atoms with Crippen LogP contribution in [0.25, 0.3) is 0 Å². The van der Waals surface area contributed by atoms with E-state index < -0.39 is 0 Å². The molecule has 0 spiro atoms. The molecule has 1 aliphatic rings. The minimum Gasteiger partial charge on any atom is -0.372 e. The van der Waals surface area contributed by atoms with Crippen LogP contribution in [0.3, 0.4) is 0 Å². The largest absolute Gasteiger partial charge is 0.372 e. The first kappa shape index (κ1) is 12.4. The van der Waals surface area contributed by atoms with Gasteiger partial charge in [0.15, 0.2) is 0 Å². The van der Waals surface area contributed by atoms with Crippen molar-refractivity contribution >= 4 is 5.69 Å². The molecular formula is C15H24N2. The van der Waals surface area contributed by atoms with Crippen molar-refractivity contribution in [1.29, 1.82) is 0 Å². The van der Waals surface area contributed by atoms with Crippen molar-refractivity contribution in [2.75, 3.05) is 24.5 Å². The molecule has 0 heterocycles. The second kappa shape index (κ2) is 6.06. The maximum Gasteiger partial charge on any atom is 0.0366 e. The summed E-state index contributed by atoms with van der Waals surface area (Å²) in [4.78, 5) is 2.50. The average Bonchev–Trinajstić information content (AvgIpc) is 2.30. The molecule has 94 valence electrons. The van der Waals surface area contributed by atoms with E-state index in [1.54, 1.807) is 0 Å². The number of hydrogen-bond acceptors (Lipinski definition) is 2. The highest BCUT2D eigenvalue weighted by Gasteiger charge is 2.20. The SMILES string of the molecule is CCN(CC1CCC1)c1ccc(CCN)cc1. The number of nitrogens with zero attached hydrogens (tertiary/aromatic N) is 1. The van der Waals surface area contributed by atoms with E-state index in [1.165, 1.54) is 37.1 Å². The molecule has 0 unspecified atom stereocenters. The minimum absolute atomic E-state index is 0.735. The van der Waals surface area contributed by atoms with E-state index in [2.05, 4.69) is 36.1 Å². The Morgan fingerprint density at radius 2 is 1.94 bits per heavy atom. The van der Waals surface area contributed by atoms with Crippen LogP contribution >= 0.6 is 0 Å². The van der Waals surface area contributed by atoms with Crippen molar-refractivity contribution in [2.45, 2.75) is 32.6 Å². The summed E-state index contributed by atoms with van der Waals surface area (Å²) in [6, 6.07) is 8.91. The van der Waals surface area contributed by atoms with Crippen LogP contribution < -0.4 is 10.6 Å². The molecule has 2 N–H and O–H groups in total. The molecule has 1 saturated carbocycles. The van der Waals surface area contributed by atoms with Gasteiger partial charge >= 0.3 is 0 Å². The first-order chi connectivity index (χ1) is 8.33. The molecule has 1 aromatic rings. The van der Waals surface area contributed by atoms with Crippen molar-refractivity contribution in [1.82, 2.24) is 0 Å². The fraction of sp³-hybridized carbons (Fsp3) is 0.600. The lowest BCUT2D eigenvalue weighted by Gasteiger charge is -2.33. The maximum atomic E-state index is 5.57. The Labute approximate surface area is 105 Å². The normalized spacial score (nSPS) is 15.6. The molecule has 2 nitrogen and oxygen atoms in total. The second-order valence-corrected chi connectivity index (χ2v) is 5.04. The molecule has 0 radical (unpaired) electrons. The monoisotopic (exact) mass is 232 g/mol. The fourth-order valence-electron chi connectivity index (χ4n) is 2.44. The van der Waals surface area contributed by atoms with Crippen molar-refractivity contribution in [2.24, 2.45) is 11.7 Å². The van der Waals surface area contributed by atoms with E-state index >= 15 is 0 Å². The number of benzene rings is 1. The Morgan fingerprint density at radius 1 is 1.24 bits per heavy atom. The molecule has 17 heavy (non-hydrogen) atoms. The number of hydrogen-bond donors (Lipinski definition) is 1. The molecule has 2 rings (SSSR count). The molecule has 0 bridgehead atoms. The van der Waals surface area contributed by atoms with Gasteiger partial charge in [0.25, 0.3) is 0 Å². The van der Waals surface area contributed by atoms with Gasteiger partial charge < -0.3 is 10.6 Å². The van der Waals surface area contributed by atoms with E-state index in [9.17, 15) is 0 Å². The number of rotatable bonds is 6. The Kier molecular flexibility index (Phi) is 4.43. The number of nitrogens with two attached hydrogens (primary N) is 1. The highest BCUT2D eigenvalue weighted by atomic mass is 15.1. The van der Waals surface area contributed by atoms with Gasteiger partial charge in [0, 0.05) is 18.8 Å². The van der Waals surface area contributed by atoms with Crippen LogP contribution in [-0.4, -0.2) is 19.6 Å². The zero-order valence-corrected chi connectivity index (χ0v) is 10.9. The van der Waals surface area contributed by atoms with Gasteiger partial charge in [-0.2, -0.15) is 0 Å². The molecule has 0 amide bonds. The summed E-state index contributed by atoms with van der Waals surface area (Å²) in [7, 11) is 0. The summed E-state index contributed by atoms with van der Waals surface area (Å²) in [6.45, 7) is 5.31. The van der Waals surface area contributed by atoms with Gasteiger partial charge in [-0.25, -0.2) is 0 Å². The van der Waals surface area contributed by atoms with E-state index in [-0.39, 0.29) is 0 Å². The van der Waals surface area contributed by atoms with Gasteiger partial charge in [-0.15, -0.1) is 0 Å². The summed E-state index contributed by atoms with van der Waals surface area (Å²) >= 11 is 0. The van der Waals surface area contributed by atoms with Crippen LogP contribution in [-0.2, 0) is 6.42 Å². The van der Waals surface area contributed by atoms with Gasteiger partial charge in [0.05, 0.1) is 0 Å². The zero-order chi connectivity index (χ0) is 12.1. The van der Waals surface area contributed by atoms with Crippen LogP contribution in [0, 0.1) is 5.92 Å². The summed E-state index contributed by atoms with van der Waals surface area (Å²) in [5.74, 6) is 0.929. The molecule has 0 aromatic heterocycles.